The predicted octanol–water partition coefficient (Wildman–Crippen LogP) is 6.10. The number of hydrogen-bond acceptors (Lipinski definition) is 8. The molecule has 2 N–H and O–H groups in total. The normalized spacial score (nSPS) is 32.4. The van der Waals surface area contributed by atoms with Crippen LogP contribution in [0.5, 0.6) is 0 Å². The summed E-state index contributed by atoms with van der Waals surface area (Å²) >= 11 is 0. The molecule has 0 radical (unpaired) electrons. The molecule has 2 aliphatic carbocycles. The Morgan fingerprint density at radius 3 is 1.71 bits per heavy atom. The minimum Gasteiger partial charge on any atom is -0.462 e. The quantitative estimate of drug-likeness (QED) is 0.402. The fourth-order valence-electron chi connectivity index (χ4n) is 9.10. The first kappa shape index (κ1) is 31.4. The van der Waals surface area contributed by atoms with E-state index in [1.807, 2.05) is 0 Å². The number of nitrogens with zero attached hydrogens (tertiary/aromatic N) is 2. The number of carbonyl (C=O) groups excluding carboxylic acids is 2. The lowest BCUT2D eigenvalue weighted by Gasteiger charge is -2.46. The van der Waals surface area contributed by atoms with Gasteiger partial charge in [0, 0.05) is 66.2 Å². The summed E-state index contributed by atoms with van der Waals surface area (Å²) in [5.74, 6) is 1.95. The fourth-order valence-corrected chi connectivity index (χ4v) is 9.10. The minimum atomic E-state index is -0.342. The number of rotatable bonds is 5. The van der Waals surface area contributed by atoms with Crippen LogP contribution >= 0.6 is 0 Å². The number of nitrogens with one attached hydrogen (secondary N) is 2. The van der Waals surface area contributed by atoms with Crippen LogP contribution in [0.4, 0.5) is 0 Å². The zero-order valence-electron chi connectivity index (χ0n) is 27.2. The first-order valence-electron chi connectivity index (χ1n) is 16.3. The number of hydrogen-bond donors (Lipinski definition) is 2. The molecule has 1 aromatic rings. The van der Waals surface area contributed by atoms with Gasteiger partial charge in [-0.15, -0.1) is 0 Å². The van der Waals surface area contributed by atoms with Crippen molar-refractivity contribution in [1.82, 2.24) is 20.6 Å². The Kier molecular flexibility index (Phi) is 8.56. The van der Waals surface area contributed by atoms with Crippen LogP contribution < -0.4 is 10.6 Å². The van der Waals surface area contributed by atoms with E-state index in [1.54, 1.807) is 12.4 Å². The van der Waals surface area contributed by atoms with Gasteiger partial charge in [-0.2, -0.15) is 0 Å². The minimum absolute atomic E-state index is 0.0106. The summed E-state index contributed by atoms with van der Waals surface area (Å²) in [6.45, 7) is 17.4. The van der Waals surface area contributed by atoms with E-state index in [4.69, 9.17) is 9.47 Å². The van der Waals surface area contributed by atoms with Crippen molar-refractivity contribution in [3.8, 4) is 0 Å². The van der Waals surface area contributed by atoms with Crippen LogP contribution in [-0.4, -0.2) is 56.3 Å². The monoisotopic (exact) mass is 582 g/mol. The summed E-state index contributed by atoms with van der Waals surface area (Å²) in [5.41, 5.74) is 0.163. The topological polar surface area (TPSA) is 102 Å². The zero-order chi connectivity index (χ0) is 30.5. The van der Waals surface area contributed by atoms with E-state index in [9.17, 15) is 9.59 Å². The Morgan fingerprint density at radius 2 is 1.17 bits per heavy atom. The van der Waals surface area contributed by atoms with Crippen molar-refractivity contribution in [2.24, 2.45) is 17.8 Å². The summed E-state index contributed by atoms with van der Waals surface area (Å²) in [7, 11) is 0. The van der Waals surface area contributed by atoms with Crippen molar-refractivity contribution in [1.29, 1.82) is 0 Å². The third kappa shape index (κ3) is 7.71. The van der Waals surface area contributed by atoms with Gasteiger partial charge in [-0.25, -0.2) is 14.8 Å². The Morgan fingerprint density at radius 1 is 0.690 bits per heavy atom. The lowest BCUT2D eigenvalue weighted by molar-refractivity contribution is -0.160. The molecule has 4 atom stereocenters. The van der Waals surface area contributed by atoms with Gasteiger partial charge < -0.3 is 20.1 Å². The number of carbonyl (C=O) groups is 2. The molecule has 4 fully saturated rings. The molecule has 8 nitrogen and oxygen atoms in total. The maximum atomic E-state index is 13.2. The summed E-state index contributed by atoms with van der Waals surface area (Å²) in [6.07, 6.45) is 12.4. The van der Waals surface area contributed by atoms with Crippen molar-refractivity contribution in [3.05, 3.63) is 23.8 Å². The highest BCUT2D eigenvalue weighted by Gasteiger charge is 2.43. The molecule has 8 heteroatoms. The van der Waals surface area contributed by atoms with Crippen LogP contribution in [0.15, 0.2) is 12.4 Å². The van der Waals surface area contributed by atoms with Crippen LogP contribution in [0.1, 0.15) is 142 Å². The van der Waals surface area contributed by atoms with E-state index >= 15 is 0 Å². The third-order valence-electron chi connectivity index (χ3n) is 10.1. The maximum absolute atomic E-state index is 13.2. The van der Waals surface area contributed by atoms with Crippen molar-refractivity contribution >= 4 is 11.9 Å². The van der Waals surface area contributed by atoms with Gasteiger partial charge >= 0.3 is 11.9 Å². The van der Waals surface area contributed by atoms with Crippen molar-refractivity contribution in [2.45, 2.75) is 160 Å². The standard InChI is InChI=1S/C34H54N4O4/c1-31(2)15-26(16-32(3,4)37-31)41-29(39)24-12-10-21-13-23(11-9-22(21)14-24)28-35-19-25(20-36-28)30(40)42-27-17-33(5,6)38-34(7,8)18-27/h19-24,26-27,37-38H,9-18H2,1-8H3. The molecule has 5 rings (SSSR count). The maximum Gasteiger partial charge on any atom is 0.341 e. The Hall–Kier alpha value is -2.06. The molecule has 2 saturated heterocycles. The molecule has 0 bridgehead atoms. The highest BCUT2D eigenvalue weighted by Crippen LogP contribution is 2.47. The average Bonchev–Trinajstić information content (AvgIpc) is 2.84. The molecule has 42 heavy (non-hydrogen) atoms. The van der Waals surface area contributed by atoms with Crippen molar-refractivity contribution < 1.29 is 19.1 Å². The number of piperidine rings is 2. The lowest BCUT2D eigenvalue weighted by atomic mass is 9.64. The molecule has 1 aromatic heterocycles. The second-order valence-corrected chi connectivity index (χ2v) is 16.6. The van der Waals surface area contributed by atoms with Crippen LogP contribution in [0, 0.1) is 17.8 Å². The first-order chi connectivity index (χ1) is 19.5. The molecule has 4 aliphatic rings. The molecular formula is C34H54N4O4. The molecule has 4 unspecified atom stereocenters. The lowest BCUT2D eigenvalue weighted by Crippen LogP contribution is -2.59. The van der Waals surface area contributed by atoms with E-state index in [0.29, 0.717) is 23.3 Å². The first-order valence-corrected chi connectivity index (χ1v) is 16.3. The smallest absolute Gasteiger partial charge is 0.341 e. The Labute approximate surface area is 252 Å². The van der Waals surface area contributed by atoms with Gasteiger partial charge in [0.2, 0.25) is 0 Å². The van der Waals surface area contributed by atoms with Gasteiger partial charge in [-0.3, -0.25) is 4.79 Å². The molecular weight excluding hydrogens is 528 g/mol. The van der Waals surface area contributed by atoms with E-state index in [2.05, 4.69) is 76.0 Å². The predicted molar refractivity (Wildman–Crippen MR) is 163 cm³/mol. The van der Waals surface area contributed by atoms with Gasteiger partial charge in [0.15, 0.2) is 0 Å². The highest BCUT2D eigenvalue weighted by atomic mass is 16.5. The number of aromatic nitrogens is 2. The second kappa shape index (κ2) is 11.5. The van der Waals surface area contributed by atoms with Gasteiger partial charge in [0.05, 0.1) is 11.5 Å². The van der Waals surface area contributed by atoms with Gasteiger partial charge in [-0.1, -0.05) is 0 Å². The molecule has 0 spiro atoms. The van der Waals surface area contributed by atoms with Gasteiger partial charge in [0.25, 0.3) is 0 Å². The molecule has 2 aliphatic heterocycles. The van der Waals surface area contributed by atoms with Crippen LogP contribution in [0.25, 0.3) is 0 Å². The molecule has 2 saturated carbocycles. The highest BCUT2D eigenvalue weighted by molar-refractivity contribution is 5.88. The van der Waals surface area contributed by atoms with E-state index < -0.39 is 0 Å². The largest absolute Gasteiger partial charge is 0.462 e. The molecule has 0 amide bonds. The fraction of sp³-hybridized carbons (Fsp3) is 0.824. The summed E-state index contributed by atoms with van der Waals surface area (Å²) in [5, 5.41) is 7.30. The Balaban J connectivity index is 1.11. The SMILES string of the molecule is CC1(C)CC(OC(=O)c2cnc(C3CCC4CC(C(=O)OC5CC(C)(C)NC(C)(C)C5)CCC4C3)nc2)CC(C)(C)N1. The Bertz CT molecular complexity index is 1110. The summed E-state index contributed by atoms with van der Waals surface area (Å²) in [6, 6.07) is 0. The number of ether oxygens (including phenoxy) is 2. The third-order valence-corrected chi connectivity index (χ3v) is 10.1. The number of fused-ring (bicyclic) bond motifs is 1. The molecule has 0 aromatic carbocycles. The zero-order valence-corrected chi connectivity index (χ0v) is 27.2. The van der Waals surface area contributed by atoms with Crippen LogP contribution in [0.3, 0.4) is 0 Å². The van der Waals surface area contributed by atoms with E-state index in [0.717, 1.165) is 70.0 Å². The molecule has 3 heterocycles. The van der Waals surface area contributed by atoms with Gasteiger partial charge in [-0.05, 0) is 106 Å². The summed E-state index contributed by atoms with van der Waals surface area (Å²) < 4.78 is 12.0. The van der Waals surface area contributed by atoms with Crippen molar-refractivity contribution in [3.63, 3.8) is 0 Å². The summed E-state index contributed by atoms with van der Waals surface area (Å²) in [4.78, 5) is 35.4. The second-order valence-electron chi connectivity index (χ2n) is 16.6. The van der Waals surface area contributed by atoms with Crippen LogP contribution in [-0.2, 0) is 14.3 Å². The molecule has 234 valence electrons. The van der Waals surface area contributed by atoms with Gasteiger partial charge in [0.1, 0.15) is 18.0 Å². The van der Waals surface area contributed by atoms with E-state index in [-0.39, 0.29) is 52.2 Å². The number of esters is 2. The van der Waals surface area contributed by atoms with Crippen molar-refractivity contribution in [2.75, 3.05) is 0 Å². The van der Waals surface area contributed by atoms with Crippen LogP contribution in [0.2, 0.25) is 0 Å². The average molecular weight is 583 g/mol. The van der Waals surface area contributed by atoms with E-state index in [1.165, 1.54) is 0 Å².